The summed E-state index contributed by atoms with van der Waals surface area (Å²) >= 11 is 0. The number of carbonyl (C=O) groups excluding carboxylic acids is 4. The van der Waals surface area contributed by atoms with Gasteiger partial charge in [-0.3, -0.25) is 19.2 Å². The molecular formula is C16H28N4O4. The fraction of sp³-hybridized carbons (Fsp3) is 0.750. The number of amides is 4. The van der Waals surface area contributed by atoms with E-state index < -0.39 is 11.8 Å². The van der Waals surface area contributed by atoms with E-state index in [9.17, 15) is 19.2 Å². The molecule has 0 saturated carbocycles. The molecule has 2 atom stereocenters. The zero-order valence-electron chi connectivity index (χ0n) is 14.5. The first-order valence-corrected chi connectivity index (χ1v) is 8.51. The largest absolute Gasteiger partial charge is 0.368 e. The number of likely N-dealkylation sites (tertiary alicyclic amines) is 2. The second-order valence-corrected chi connectivity index (χ2v) is 6.03. The van der Waals surface area contributed by atoms with Crippen LogP contribution in [0, 0.1) is 0 Å². The Morgan fingerprint density at radius 2 is 1.21 bits per heavy atom. The summed E-state index contributed by atoms with van der Waals surface area (Å²) in [7, 11) is 0. The molecule has 0 aromatic heterocycles. The summed E-state index contributed by atoms with van der Waals surface area (Å²) in [6.45, 7) is 5.09. The number of carbonyl (C=O) groups is 4. The van der Waals surface area contributed by atoms with Gasteiger partial charge in [-0.2, -0.15) is 0 Å². The smallest absolute Gasteiger partial charge is 0.240 e. The minimum atomic E-state index is -0.396. The molecule has 2 saturated heterocycles. The number of hydrogen-bond donors (Lipinski definition) is 2. The Labute approximate surface area is 142 Å². The fourth-order valence-corrected chi connectivity index (χ4v) is 3.15. The highest BCUT2D eigenvalue weighted by Gasteiger charge is 2.30. The van der Waals surface area contributed by atoms with Crippen molar-refractivity contribution in [3.8, 4) is 0 Å². The third-order valence-electron chi connectivity index (χ3n) is 4.40. The molecule has 2 aliphatic rings. The van der Waals surface area contributed by atoms with E-state index >= 15 is 0 Å². The highest BCUT2D eigenvalue weighted by Crippen LogP contribution is 2.15. The molecule has 0 unspecified atom stereocenters. The molecule has 0 bridgehead atoms. The van der Waals surface area contributed by atoms with Crippen molar-refractivity contribution in [2.45, 2.75) is 64.5 Å². The molecule has 8 heteroatoms. The molecule has 0 aromatic carbocycles. The molecule has 2 heterocycles. The third-order valence-corrected chi connectivity index (χ3v) is 4.40. The van der Waals surface area contributed by atoms with Gasteiger partial charge in [0.15, 0.2) is 0 Å². The lowest BCUT2D eigenvalue weighted by Gasteiger charge is -2.23. The second-order valence-electron chi connectivity index (χ2n) is 6.03. The number of hydrogen-bond acceptors (Lipinski definition) is 4. The molecule has 0 radical (unpaired) electrons. The zero-order chi connectivity index (χ0) is 18.3. The van der Waals surface area contributed by atoms with E-state index in [0.29, 0.717) is 38.8 Å². The minimum Gasteiger partial charge on any atom is -0.368 e. The summed E-state index contributed by atoms with van der Waals surface area (Å²) in [6, 6.07) is -0.778. The Kier molecular flexibility index (Phi) is 7.67. The number of nitrogens with zero attached hydrogens (tertiary/aromatic N) is 2. The topological polar surface area (TPSA) is 127 Å². The molecule has 0 spiro atoms. The predicted molar refractivity (Wildman–Crippen MR) is 88.4 cm³/mol. The summed E-state index contributed by atoms with van der Waals surface area (Å²) in [5.74, 6) is -0.679. The van der Waals surface area contributed by atoms with Crippen LogP contribution in [0.3, 0.4) is 0 Å². The van der Waals surface area contributed by atoms with Crippen LogP contribution in [0.2, 0.25) is 0 Å². The molecule has 2 fully saturated rings. The van der Waals surface area contributed by atoms with Gasteiger partial charge in [0, 0.05) is 25.9 Å². The first kappa shape index (κ1) is 19.9. The Morgan fingerprint density at radius 1 is 0.875 bits per heavy atom. The SMILES string of the molecule is CC[C@@H](C(N)=O)N1CCCC1=O.CC[C@@H](C(N)=O)N1CCCC1=O. The lowest BCUT2D eigenvalue weighted by molar-refractivity contribution is -0.136. The van der Waals surface area contributed by atoms with Gasteiger partial charge in [-0.1, -0.05) is 13.8 Å². The Balaban J connectivity index is 0.000000240. The van der Waals surface area contributed by atoms with Crippen LogP contribution in [-0.4, -0.2) is 58.6 Å². The molecule has 2 aliphatic heterocycles. The van der Waals surface area contributed by atoms with Gasteiger partial charge in [-0.15, -0.1) is 0 Å². The van der Waals surface area contributed by atoms with Crippen molar-refractivity contribution in [1.82, 2.24) is 9.80 Å². The molecule has 0 aromatic rings. The van der Waals surface area contributed by atoms with Crippen LogP contribution in [0.15, 0.2) is 0 Å². The Morgan fingerprint density at radius 3 is 1.38 bits per heavy atom. The van der Waals surface area contributed by atoms with E-state index in [4.69, 9.17) is 11.5 Å². The van der Waals surface area contributed by atoms with Gasteiger partial charge in [-0.05, 0) is 25.7 Å². The maximum absolute atomic E-state index is 11.2. The highest BCUT2D eigenvalue weighted by atomic mass is 16.2. The van der Waals surface area contributed by atoms with Crippen LogP contribution in [0.5, 0.6) is 0 Å². The average Bonchev–Trinajstić information content (AvgIpc) is 3.11. The molecular weight excluding hydrogens is 312 g/mol. The molecule has 4 amide bonds. The predicted octanol–water partition coefficient (Wildman–Crippen LogP) is -0.255. The van der Waals surface area contributed by atoms with E-state index in [0.717, 1.165) is 12.8 Å². The molecule has 24 heavy (non-hydrogen) atoms. The van der Waals surface area contributed by atoms with Gasteiger partial charge in [0.2, 0.25) is 23.6 Å². The number of rotatable bonds is 6. The lowest BCUT2D eigenvalue weighted by atomic mass is 10.2. The Hall–Kier alpha value is -2.12. The summed E-state index contributed by atoms with van der Waals surface area (Å²) in [4.78, 5) is 47.3. The van der Waals surface area contributed by atoms with Crippen molar-refractivity contribution in [1.29, 1.82) is 0 Å². The van der Waals surface area contributed by atoms with Crippen molar-refractivity contribution in [3.05, 3.63) is 0 Å². The van der Waals surface area contributed by atoms with Crippen molar-refractivity contribution in [3.63, 3.8) is 0 Å². The van der Waals surface area contributed by atoms with E-state index in [1.807, 2.05) is 13.8 Å². The zero-order valence-corrected chi connectivity index (χ0v) is 14.5. The van der Waals surface area contributed by atoms with Crippen LogP contribution in [-0.2, 0) is 19.2 Å². The molecule has 8 nitrogen and oxygen atoms in total. The normalized spacial score (nSPS) is 19.8. The van der Waals surface area contributed by atoms with Crippen LogP contribution in [0.25, 0.3) is 0 Å². The lowest BCUT2D eigenvalue weighted by Crippen LogP contribution is -2.44. The summed E-state index contributed by atoms with van der Waals surface area (Å²) in [5.41, 5.74) is 10.3. The number of primary amides is 2. The van der Waals surface area contributed by atoms with Gasteiger partial charge < -0.3 is 21.3 Å². The summed E-state index contributed by atoms with van der Waals surface area (Å²) < 4.78 is 0. The summed E-state index contributed by atoms with van der Waals surface area (Å²) in [5, 5.41) is 0. The van der Waals surface area contributed by atoms with Crippen LogP contribution in [0.4, 0.5) is 0 Å². The molecule has 2 rings (SSSR count). The van der Waals surface area contributed by atoms with Crippen molar-refractivity contribution < 1.29 is 19.2 Å². The van der Waals surface area contributed by atoms with Gasteiger partial charge in [0.1, 0.15) is 12.1 Å². The minimum absolute atomic E-state index is 0.0562. The first-order valence-electron chi connectivity index (χ1n) is 8.51. The van der Waals surface area contributed by atoms with Crippen LogP contribution >= 0.6 is 0 Å². The first-order chi connectivity index (χ1) is 11.3. The molecule has 136 valence electrons. The molecule has 0 aliphatic carbocycles. The van der Waals surface area contributed by atoms with Gasteiger partial charge in [0.25, 0.3) is 0 Å². The van der Waals surface area contributed by atoms with Crippen molar-refractivity contribution >= 4 is 23.6 Å². The monoisotopic (exact) mass is 340 g/mol. The fourth-order valence-electron chi connectivity index (χ4n) is 3.15. The Bertz CT molecular complexity index is 450. The van der Waals surface area contributed by atoms with Gasteiger partial charge in [-0.25, -0.2) is 0 Å². The van der Waals surface area contributed by atoms with E-state index in [1.165, 1.54) is 0 Å². The standard InChI is InChI=1S/2C8H14N2O2/c2*1-2-6(8(9)12)10-5-3-4-7(10)11/h2*6H,2-5H2,1H3,(H2,9,12)/t2*6-/m00/s1. The maximum atomic E-state index is 11.2. The average molecular weight is 340 g/mol. The van der Waals surface area contributed by atoms with E-state index in [-0.39, 0.29) is 23.9 Å². The number of nitrogens with two attached hydrogens (primary N) is 2. The third kappa shape index (κ3) is 4.94. The van der Waals surface area contributed by atoms with Crippen LogP contribution < -0.4 is 11.5 Å². The highest BCUT2D eigenvalue weighted by molar-refractivity contribution is 5.88. The van der Waals surface area contributed by atoms with Gasteiger partial charge >= 0.3 is 0 Å². The van der Waals surface area contributed by atoms with Crippen molar-refractivity contribution in [2.75, 3.05) is 13.1 Å². The van der Waals surface area contributed by atoms with Crippen LogP contribution in [0.1, 0.15) is 52.4 Å². The quantitative estimate of drug-likeness (QED) is 0.691. The summed E-state index contributed by atoms with van der Waals surface area (Å²) in [6.07, 6.45) is 4.04. The van der Waals surface area contributed by atoms with E-state index in [1.54, 1.807) is 9.80 Å². The second kappa shape index (κ2) is 9.24. The molecule has 4 N–H and O–H groups in total. The van der Waals surface area contributed by atoms with Crippen molar-refractivity contribution in [2.24, 2.45) is 11.5 Å². The maximum Gasteiger partial charge on any atom is 0.240 e. The van der Waals surface area contributed by atoms with Gasteiger partial charge in [0.05, 0.1) is 0 Å². The van der Waals surface area contributed by atoms with E-state index in [2.05, 4.69) is 0 Å².